The van der Waals surface area contributed by atoms with Crippen molar-refractivity contribution in [3.05, 3.63) is 41.8 Å². The van der Waals surface area contributed by atoms with Crippen molar-refractivity contribution in [2.45, 2.75) is 33.1 Å². The first-order valence-electron chi connectivity index (χ1n) is 6.99. The average Bonchev–Trinajstić information content (AvgIpc) is 2.81. The van der Waals surface area contributed by atoms with Gasteiger partial charge in [0.1, 0.15) is 5.76 Å². The molecule has 1 heterocycles. The summed E-state index contributed by atoms with van der Waals surface area (Å²) in [4.78, 5) is 16.2. The fourth-order valence-corrected chi connectivity index (χ4v) is 1.91. The summed E-state index contributed by atoms with van der Waals surface area (Å²) in [5.41, 5.74) is 1.70. The number of carbonyl (C=O) groups excluding carboxylic acids is 1. The molecule has 0 saturated heterocycles. The van der Waals surface area contributed by atoms with Crippen molar-refractivity contribution in [3.63, 3.8) is 0 Å². The SMILES string of the molecule is CCCCNC(=O)Cc1oc(-c2ccccc2)nc1C. The van der Waals surface area contributed by atoms with Crippen LogP contribution < -0.4 is 5.32 Å². The Bertz CT molecular complexity index is 561. The Labute approximate surface area is 119 Å². The number of unbranched alkanes of at least 4 members (excludes halogenated alkanes) is 1. The van der Waals surface area contributed by atoms with Crippen molar-refractivity contribution in [3.8, 4) is 11.5 Å². The Hall–Kier alpha value is -2.10. The minimum Gasteiger partial charge on any atom is -0.440 e. The third-order valence-corrected chi connectivity index (χ3v) is 3.09. The molecule has 2 aromatic rings. The van der Waals surface area contributed by atoms with Gasteiger partial charge in [0.2, 0.25) is 11.8 Å². The van der Waals surface area contributed by atoms with E-state index in [4.69, 9.17) is 4.42 Å². The second-order valence-electron chi connectivity index (χ2n) is 4.77. The topological polar surface area (TPSA) is 55.1 Å². The van der Waals surface area contributed by atoms with Crippen LogP contribution in [0, 0.1) is 6.92 Å². The summed E-state index contributed by atoms with van der Waals surface area (Å²) in [6.45, 7) is 4.68. The molecule has 0 bridgehead atoms. The number of benzene rings is 1. The number of nitrogens with one attached hydrogen (secondary N) is 1. The van der Waals surface area contributed by atoms with Gasteiger partial charge in [-0.25, -0.2) is 4.98 Å². The van der Waals surface area contributed by atoms with Gasteiger partial charge < -0.3 is 9.73 Å². The van der Waals surface area contributed by atoms with Gasteiger partial charge in [-0.1, -0.05) is 31.5 Å². The Kier molecular flexibility index (Phi) is 4.93. The molecule has 0 spiro atoms. The minimum atomic E-state index is -0.0164. The molecule has 0 fully saturated rings. The van der Waals surface area contributed by atoms with E-state index in [1.165, 1.54) is 0 Å². The molecular weight excluding hydrogens is 252 g/mol. The van der Waals surface area contributed by atoms with Crippen LogP contribution in [0.3, 0.4) is 0 Å². The molecule has 0 aliphatic rings. The van der Waals surface area contributed by atoms with Gasteiger partial charge in [0.15, 0.2) is 0 Å². The van der Waals surface area contributed by atoms with Crippen LogP contribution in [0.4, 0.5) is 0 Å². The molecular formula is C16H20N2O2. The molecule has 0 aliphatic heterocycles. The van der Waals surface area contributed by atoms with Crippen molar-refractivity contribution in [1.82, 2.24) is 10.3 Å². The highest BCUT2D eigenvalue weighted by Gasteiger charge is 2.14. The van der Waals surface area contributed by atoms with E-state index >= 15 is 0 Å². The van der Waals surface area contributed by atoms with Gasteiger partial charge in [-0.2, -0.15) is 0 Å². The third-order valence-electron chi connectivity index (χ3n) is 3.09. The summed E-state index contributed by atoms with van der Waals surface area (Å²) >= 11 is 0. The Morgan fingerprint density at radius 3 is 2.75 bits per heavy atom. The quantitative estimate of drug-likeness (QED) is 0.822. The van der Waals surface area contributed by atoms with Crippen LogP contribution in [-0.4, -0.2) is 17.4 Å². The third kappa shape index (κ3) is 3.70. The van der Waals surface area contributed by atoms with Crippen molar-refractivity contribution in [2.75, 3.05) is 6.54 Å². The van der Waals surface area contributed by atoms with Crippen molar-refractivity contribution in [2.24, 2.45) is 0 Å². The standard InChI is InChI=1S/C16H20N2O2/c1-3-4-10-17-15(19)11-14-12(2)18-16(20-14)13-8-6-5-7-9-13/h5-9H,3-4,10-11H2,1-2H3,(H,17,19). The average molecular weight is 272 g/mol. The Morgan fingerprint density at radius 2 is 2.05 bits per heavy atom. The molecule has 1 amide bonds. The maximum absolute atomic E-state index is 11.8. The Morgan fingerprint density at radius 1 is 1.30 bits per heavy atom. The summed E-state index contributed by atoms with van der Waals surface area (Å²) in [5, 5.41) is 2.88. The molecule has 4 heteroatoms. The molecule has 2 rings (SSSR count). The fraction of sp³-hybridized carbons (Fsp3) is 0.375. The lowest BCUT2D eigenvalue weighted by Gasteiger charge is -2.02. The number of rotatable bonds is 6. The minimum absolute atomic E-state index is 0.0164. The fourth-order valence-electron chi connectivity index (χ4n) is 1.91. The van der Waals surface area contributed by atoms with E-state index in [2.05, 4.69) is 17.2 Å². The largest absolute Gasteiger partial charge is 0.440 e. The smallest absolute Gasteiger partial charge is 0.227 e. The summed E-state index contributed by atoms with van der Waals surface area (Å²) in [6.07, 6.45) is 2.31. The van der Waals surface area contributed by atoms with Gasteiger partial charge in [0.05, 0.1) is 12.1 Å². The molecule has 1 N–H and O–H groups in total. The zero-order valence-electron chi connectivity index (χ0n) is 12.0. The zero-order valence-corrected chi connectivity index (χ0v) is 12.0. The maximum atomic E-state index is 11.8. The number of oxazole rings is 1. The second kappa shape index (κ2) is 6.89. The highest BCUT2D eigenvalue weighted by atomic mass is 16.4. The van der Waals surface area contributed by atoms with Crippen molar-refractivity contribution >= 4 is 5.91 Å². The van der Waals surface area contributed by atoms with Crippen LogP contribution >= 0.6 is 0 Å². The van der Waals surface area contributed by atoms with Gasteiger partial charge in [-0.3, -0.25) is 4.79 Å². The molecule has 0 aliphatic carbocycles. The normalized spacial score (nSPS) is 10.5. The second-order valence-corrected chi connectivity index (χ2v) is 4.77. The lowest BCUT2D eigenvalue weighted by molar-refractivity contribution is -0.120. The van der Waals surface area contributed by atoms with E-state index in [9.17, 15) is 4.79 Å². The van der Waals surface area contributed by atoms with Crippen LogP contribution in [0.5, 0.6) is 0 Å². The van der Waals surface area contributed by atoms with E-state index < -0.39 is 0 Å². The molecule has 0 radical (unpaired) electrons. The first-order chi connectivity index (χ1) is 9.70. The van der Waals surface area contributed by atoms with Crippen molar-refractivity contribution < 1.29 is 9.21 Å². The van der Waals surface area contributed by atoms with E-state index in [-0.39, 0.29) is 12.3 Å². The van der Waals surface area contributed by atoms with E-state index in [1.807, 2.05) is 37.3 Å². The Balaban J connectivity index is 2.03. The number of aromatic nitrogens is 1. The van der Waals surface area contributed by atoms with Gasteiger partial charge >= 0.3 is 0 Å². The van der Waals surface area contributed by atoms with Crippen LogP contribution in [0.2, 0.25) is 0 Å². The first kappa shape index (κ1) is 14.3. The molecule has 20 heavy (non-hydrogen) atoms. The van der Waals surface area contributed by atoms with E-state index in [0.717, 1.165) is 24.1 Å². The molecule has 106 valence electrons. The monoisotopic (exact) mass is 272 g/mol. The lowest BCUT2D eigenvalue weighted by atomic mass is 10.2. The summed E-state index contributed by atoms with van der Waals surface area (Å²) in [7, 11) is 0. The maximum Gasteiger partial charge on any atom is 0.227 e. The molecule has 0 unspecified atom stereocenters. The predicted octanol–water partition coefficient (Wildman–Crippen LogP) is 3.11. The van der Waals surface area contributed by atoms with E-state index in [1.54, 1.807) is 0 Å². The molecule has 1 aromatic carbocycles. The van der Waals surface area contributed by atoms with Gasteiger partial charge in [-0.05, 0) is 25.5 Å². The predicted molar refractivity (Wildman–Crippen MR) is 78.3 cm³/mol. The van der Waals surface area contributed by atoms with Crippen LogP contribution in [0.1, 0.15) is 31.2 Å². The summed E-state index contributed by atoms with van der Waals surface area (Å²) in [6, 6.07) is 9.70. The van der Waals surface area contributed by atoms with Gasteiger partial charge in [0.25, 0.3) is 0 Å². The van der Waals surface area contributed by atoms with E-state index in [0.29, 0.717) is 18.2 Å². The number of carbonyl (C=O) groups is 1. The highest BCUT2D eigenvalue weighted by molar-refractivity contribution is 5.78. The molecule has 4 nitrogen and oxygen atoms in total. The molecule has 0 saturated carbocycles. The van der Waals surface area contributed by atoms with Gasteiger partial charge in [0, 0.05) is 12.1 Å². The van der Waals surface area contributed by atoms with Gasteiger partial charge in [-0.15, -0.1) is 0 Å². The molecule has 0 atom stereocenters. The van der Waals surface area contributed by atoms with Crippen molar-refractivity contribution in [1.29, 1.82) is 0 Å². The summed E-state index contributed by atoms with van der Waals surface area (Å²) < 4.78 is 5.71. The lowest BCUT2D eigenvalue weighted by Crippen LogP contribution is -2.26. The van der Waals surface area contributed by atoms with Crippen LogP contribution in [0.25, 0.3) is 11.5 Å². The van der Waals surface area contributed by atoms with Crippen LogP contribution in [0.15, 0.2) is 34.7 Å². The number of amides is 1. The first-order valence-corrected chi connectivity index (χ1v) is 6.99. The molecule has 1 aromatic heterocycles. The highest BCUT2D eigenvalue weighted by Crippen LogP contribution is 2.21. The van der Waals surface area contributed by atoms with Crippen LogP contribution in [-0.2, 0) is 11.2 Å². The summed E-state index contributed by atoms with van der Waals surface area (Å²) in [5.74, 6) is 1.19. The number of nitrogens with zero attached hydrogens (tertiary/aromatic N) is 1. The number of hydrogen-bond donors (Lipinski definition) is 1. The number of aryl methyl sites for hydroxylation is 1. The zero-order chi connectivity index (χ0) is 14.4. The number of hydrogen-bond acceptors (Lipinski definition) is 3.